The van der Waals surface area contributed by atoms with Crippen molar-refractivity contribution < 1.29 is 0 Å². The molecule has 0 radical (unpaired) electrons. The molecular formula is C10H14N2. The van der Waals surface area contributed by atoms with Crippen molar-refractivity contribution in [2.45, 2.75) is 26.2 Å². The van der Waals surface area contributed by atoms with Crippen LogP contribution in [0.25, 0.3) is 6.08 Å². The third-order valence-electron chi connectivity index (χ3n) is 2.41. The zero-order valence-electron chi connectivity index (χ0n) is 7.54. The van der Waals surface area contributed by atoms with E-state index >= 15 is 0 Å². The number of H-pyrrole nitrogens is 1. The average molecular weight is 162 g/mol. The molecule has 2 aliphatic rings. The number of aromatic nitrogens is 2. The van der Waals surface area contributed by atoms with Gasteiger partial charge < -0.3 is 4.98 Å². The van der Waals surface area contributed by atoms with Crippen molar-refractivity contribution in [1.82, 2.24) is 9.97 Å². The number of nitrogens with one attached hydrogen (secondary N) is 1. The number of nitrogens with zero attached hydrogens (tertiary/aromatic N) is 1. The lowest BCUT2D eigenvalue weighted by Crippen LogP contribution is -1.89. The maximum absolute atomic E-state index is 4.19. The Morgan fingerprint density at radius 1 is 1.50 bits per heavy atom. The lowest BCUT2D eigenvalue weighted by atomic mass is 10.1. The van der Waals surface area contributed by atoms with E-state index in [1.807, 2.05) is 13.8 Å². The highest BCUT2D eigenvalue weighted by molar-refractivity contribution is 5.55. The van der Waals surface area contributed by atoms with Gasteiger partial charge in [-0.3, -0.25) is 0 Å². The smallest absolute Gasteiger partial charge is 0.0929 e. The second-order valence-electron chi connectivity index (χ2n) is 3.07. The number of aromatic amines is 1. The predicted octanol–water partition coefficient (Wildman–Crippen LogP) is 2.57. The molecule has 1 saturated carbocycles. The fourth-order valence-electron chi connectivity index (χ4n) is 1.72. The molecule has 12 heavy (non-hydrogen) atoms. The summed E-state index contributed by atoms with van der Waals surface area (Å²) in [6, 6.07) is 0. The van der Waals surface area contributed by atoms with Gasteiger partial charge in [-0.2, -0.15) is 0 Å². The molecule has 64 valence electrons. The van der Waals surface area contributed by atoms with Crippen LogP contribution in [0, 0.1) is 5.92 Å². The molecule has 1 aromatic rings. The van der Waals surface area contributed by atoms with E-state index in [2.05, 4.69) is 22.1 Å². The number of imidazole rings is 1. The Balaban J connectivity index is 0.000000264. The molecule has 0 bridgehead atoms. The van der Waals surface area contributed by atoms with Gasteiger partial charge in [0.25, 0.3) is 0 Å². The van der Waals surface area contributed by atoms with Gasteiger partial charge in [0.1, 0.15) is 0 Å². The van der Waals surface area contributed by atoms with Crippen molar-refractivity contribution in [2.75, 3.05) is 0 Å². The molecule has 1 aromatic heterocycles. The molecule has 3 rings (SSSR count). The maximum atomic E-state index is 4.19. The molecule has 2 heteroatoms. The zero-order valence-corrected chi connectivity index (χ0v) is 7.54. The lowest BCUT2D eigenvalue weighted by molar-refractivity contribution is 0.954. The molecule has 0 amide bonds. The maximum Gasteiger partial charge on any atom is 0.0929 e. The number of hydrogen-bond acceptors (Lipinski definition) is 1. The van der Waals surface area contributed by atoms with Crippen LogP contribution in [-0.4, -0.2) is 9.97 Å². The van der Waals surface area contributed by atoms with Crippen molar-refractivity contribution in [3.8, 4) is 0 Å². The summed E-state index contributed by atoms with van der Waals surface area (Å²) in [6.07, 6.45) is 7.51. The normalized spacial score (nSPS) is 28.2. The minimum Gasteiger partial charge on any atom is -0.348 e. The number of rotatable bonds is 0. The molecule has 2 unspecified atom stereocenters. The molecule has 1 N–H and O–H groups in total. The first kappa shape index (κ1) is 7.59. The van der Waals surface area contributed by atoms with E-state index in [1.54, 1.807) is 6.33 Å². The van der Waals surface area contributed by atoms with E-state index in [0.717, 1.165) is 17.5 Å². The Morgan fingerprint density at radius 3 is 3.17 bits per heavy atom. The second kappa shape index (κ2) is 2.77. The third kappa shape index (κ3) is 0.986. The van der Waals surface area contributed by atoms with Crippen LogP contribution in [-0.2, 0) is 0 Å². The molecule has 2 atom stereocenters. The molecule has 0 aromatic carbocycles. The predicted molar refractivity (Wildman–Crippen MR) is 49.8 cm³/mol. The van der Waals surface area contributed by atoms with Gasteiger partial charge in [0, 0.05) is 11.6 Å². The Labute approximate surface area is 72.7 Å². The number of hydrogen-bond donors (Lipinski definition) is 1. The highest BCUT2D eigenvalue weighted by atomic mass is 14.9. The summed E-state index contributed by atoms with van der Waals surface area (Å²) in [4.78, 5) is 7.38. The molecule has 2 nitrogen and oxygen atoms in total. The van der Waals surface area contributed by atoms with Crippen LogP contribution >= 0.6 is 0 Å². The average Bonchev–Trinajstić information content (AvgIpc) is 2.79. The van der Waals surface area contributed by atoms with E-state index in [-0.39, 0.29) is 0 Å². The van der Waals surface area contributed by atoms with Crippen molar-refractivity contribution in [1.29, 1.82) is 0 Å². The number of fused-ring (bicyclic) bond motifs is 3. The number of allylic oxidation sites excluding steroid dienone is 1. The molecule has 1 fully saturated rings. The van der Waals surface area contributed by atoms with E-state index in [0.29, 0.717) is 0 Å². The van der Waals surface area contributed by atoms with Crippen LogP contribution in [0.4, 0.5) is 0 Å². The molecule has 0 spiro atoms. The molecule has 2 aliphatic carbocycles. The van der Waals surface area contributed by atoms with Gasteiger partial charge in [-0.25, -0.2) is 4.98 Å². The van der Waals surface area contributed by atoms with Crippen LogP contribution in [0.2, 0.25) is 0 Å². The Morgan fingerprint density at radius 2 is 2.33 bits per heavy atom. The Kier molecular flexibility index (Phi) is 1.75. The third-order valence-corrected chi connectivity index (χ3v) is 2.41. The quantitative estimate of drug-likeness (QED) is 0.624. The first-order chi connectivity index (χ1) is 5.95. The monoisotopic (exact) mass is 162 g/mol. The van der Waals surface area contributed by atoms with Gasteiger partial charge in [0.15, 0.2) is 0 Å². The molecule has 0 aliphatic heterocycles. The van der Waals surface area contributed by atoms with Crippen molar-refractivity contribution in [2.24, 2.45) is 5.92 Å². The van der Waals surface area contributed by atoms with E-state index < -0.39 is 0 Å². The highest BCUT2D eigenvalue weighted by Gasteiger charge is 2.40. The van der Waals surface area contributed by atoms with Crippen LogP contribution in [0.5, 0.6) is 0 Å². The SMILES string of the molecule is C1=CC2CC2c2[nH]cnc21.CC. The summed E-state index contributed by atoms with van der Waals surface area (Å²) in [5, 5.41) is 0. The van der Waals surface area contributed by atoms with Crippen molar-refractivity contribution >= 4 is 6.08 Å². The lowest BCUT2D eigenvalue weighted by Gasteiger charge is -1.99. The summed E-state index contributed by atoms with van der Waals surface area (Å²) >= 11 is 0. The van der Waals surface area contributed by atoms with Crippen LogP contribution in [0.15, 0.2) is 12.4 Å². The summed E-state index contributed by atoms with van der Waals surface area (Å²) < 4.78 is 0. The van der Waals surface area contributed by atoms with Gasteiger partial charge in [0.05, 0.1) is 12.0 Å². The minimum atomic E-state index is 0.780. The Hall–Kier alpha value is -1.05. The van der Waals surface area contributed by atoms with Gasteiger partial charge in [-0.15, -0.1) is 0 Å². The van der Waals surface area contributed by atoms with Gasteiger partial charge in [-0.05, 0) is 18.4 Å². The first-order valence-electron chi connectivity index (χ1n) is 4.66. The molecule has 0 saturated heterocycles. The fraction of sp³-hybridized carbons (Fsp3) is 0.500. The molecule has 1 heterocycles. The van der Waals surface area contributed by atoms with Gasteiger partial charge >= 0.3 is 0 Å². The first-order valence-corrected chi connectivity index (χ1v) is 4.66. The summed E-state index contributed by atoms with van der Waals surface area (Å²) in [7, 11) is 0. The van der Waals surface area contributed by atoms with E-state index in [9.17, 15) is 0 Å². The van der Waals surface area contributed by atoms with Crippen molar-refractivity contribution in [3.63, 3.8) is 0 Å². The standard InChI is InChI=1S/C8H8N2.C2H6/c1-2-7-8(10-4-9-7)6-3-5(1)6;1-2/h1-2,4-6H,3H2,(H,9,10);1-2H3. The highest BCUT2D eigenvalue weighted by Crippen LogP contribution is 2.51. The largest absolute Gasteiger partial charge is 0.348 e. The zero-order chi connectivity index (χ0) is 8.55. The fourth-order valence-corrected chi connectivity index (χ4v) is 1.72. The van der Waals surface area contributed by atoms with Gasteiger partial charge in [-0.1, -0.05) is 19.9 Å². The minimum absolute atomic E-state index is 0.780. The van der Waals surface area contributed by atoms with E-state index in [1.165, 1.54) is 12.1 Å². The summed E-state index contributed by atoms with van der Waals surface area (Å²) in [5.74, 6) is 1.61. The van der Waals surface area contributed by atoms with Crippen LogP contribution in [0.3, 0.4) is 0 Å². The molecular weight excluding hydrogens is 148 g/mol. The van der Waals surface area contributed by atoms with Crippen LogP contribution < -0.4 is 0 Å². The summed E-state index contributed by atoms with van der Waals surface area (Å²) in [5.41, 5.74) is 2.51. The second-order valence-corrected chi connectivity index (χ2v) is 3.07. The Bertz CT molecular complexity index is 299. The topological polar surface area (TPSA) is 28.7 Å². The van der Waals surface area contributed by atoms with Crippen LogP contribution in [0.1, 0.15) is 37.6 Å². The van der Waals surface area contributed by atoms with E-state index in [4.69, 9.17) is 0 Å². The van der Waals surface area contributed by atoms with Crippen molar-refractivity contribution in [3.05, 3.63) is 23.8 Å². The summed E-state index contributed by atoms with van der Waals surface area (Å²) in [6.45, 7) is 4.00. The van der Waals surface area contributed by atoms with Gasteiger partial charge in [0.2, 0.25) is 0 Å².